The van der Waals surface area contributed by atoms with Gasteiger partial charge < -0.3 is 38.4 Å². The van der Waals surface area contributed by atoms with Gasteiger partial charge in [-0.15, -0.1) is 0 Å². The van der Waals surface area contributed by atoms with Gasteiger partial charge in [-0.2, -0.15) is 0 Å². The maximum Gasteiger partial charge on any atom is 0.412 e. The number of rotatable bonds is 6. The molecule has 310 valence electrons. The van der Waals surface area contributed by atoms with Crippen LogP contribution in [0.3, 0.4) is 0 Å². The van der Waals surface area contributed by atoms with Crippen molar-refractivity contribution in [2.45, 2.75) is 116 Å². The molecule has 0 aromatic heterocycles. The summed E-state index contributed by atoms with van der Waals surface area (Å²) < 4.78 is 35.1. The molecule has 2 aromatic rings. The van der Waals surface area contributed by atoms with Crippen LogP contribution in [0.25, 0.3) is 11.1 Å². The molecular weight excluding hydrogens is 734 g/mol. The lowest BCUT2D eigenvalue weighted by molar-refractivity contribution is -0.157. The van der Waals surface area contributed by atoms with Gasteiger partial charge in [0.1, 0.15) is 35.3 Å². The summed E-state index contributed by atoms with van der Waals surface area (Å²) in [6, 6.07) is 10.9. The molecule has 3 aliphatic heterocycles. The van der Waals surface area contributed by atoms with Gasteiger partial charge in [-0.05, 0) is 76.4 Å². The van der Waals surface area contributed by atoms with Crippen LogP contribution >= 0.6 is 0 Å². The SMILES string of the molecule is COc1cc2cc(c1-c1ccc(NC(=O)OC(C)(C)C)cc1)N(C)C(=O)C[C@H](OC(=O)C(C)C)[C@]1(C)O[C@H]1[C@H](C)[C@@H]1CC(O)(NC(=O)O1)[C@H](OC)/C=C/C=C(\C)C2. The van der Waals surface area contributed by atoms with E-state index in [2.05, 4.69) is 10.6 Å². The zero-order valence-electron chi connectivity index (χ0n) is 34.8. The first-order chi connectivity index (χ1) is 26.7. The Morgan fingerprint density at radius 1 is 1.11 bits per heavy atom. The van der Waals surface area contributed by atoms with Gasteiger partial charge in [0, 0.05) is 37.7 Å². The summed E-state index contributed by atoms with van der Waals surface area (Å²) in [5.74, 6) is -1.32. The molecule has 57 heavy (non-hydrogen) atoms. The van der Waals surface area contributed by atoms with Crippen LogP contribution in [0.4, 0.5) is 21.0 Å². The van der Waals surface area contributed by atoms with Crippen LogP contribution in [-0.2, 0) is 39.7 Å². The molecule has 0 spiro atoms. The number of epoxide rings is 1. The number of nitrogens with one attached hydrogen (secondary N) is 2. The fraction of sp³-hybridized carbons (Fsp3) is 0.535. The smallest absolute Gasteiger partial charge is 0.412 e. The molecule has 3 heterocycles. The van der Waals surface area contributed by atoms with Crippen LogP contribution in [0.2, 0.25) is 0 Å². The highest BCUT2D eigenvalue weighted by Gasteiger charge is 2.64. The summed E-state index contributed by atoms with van der Waals surface area (Å²) in [4.78, 5) is 54.5. The van der Waals surface area contributed by atoms with E-state index in [1.807, 2.05) is 44.2 Å². The van der Waals surface area contributed by atoms with Crippen molar-refractivity contribution in [1.82, 2.24) is 5.32 Å². The average molecular weight is 792 g/mol. The predicted molar refractivity (Wildman–Crippen MR) is 214 cm³/mol. The van der Waals surface area contributed by atoms with Crippen LogP contribution < -0.4 is 20.3 Å². The van der Waals surface area contributed by atoms with Gasteiger partial charge in [0.05, 0.1) is 31.2 Å². The fourth-order valence-electron chi connectivity index (χ4n) is 7.36. The Bertz CT molecular complexity index is 1900. The van der Waals surface area contributed by atoms with Gasteiger partial charge in [0.2, 0.25) is 5.91 Å². The number of aliphatic hydroxyl groups is 1. The molecule has 0 aliphatic carbocycles. The number of hydrogen-bond donors (Lipinski definition) is 3. The summed E-state index contributed by atoms with van der Waals surface area (Å²) >= 11 is 0. The standard InChI is InChI=1S/C43H57N3O11/c1-24(2)38(48)55-34-22-35(47)46(9)30-20-27(21-31(52-10)36(30)28-15-17-29(18-16-28)44-39(49)57-41(5,6)7)19-25(3)13-12-14-33(53-11)43(51)23-32(54-40(50)45-43)26(4)37-42(34,8)56-37/h12-18,20-21,24,26,32-34,37,51H,19,22-23H2,1-11H3,(H,44,49)(H,45,50)/b14-12+,25-13+/t26-,32+,33-,34+,37+,42+,43?/m1/s1. The van der Waals surface area contributed by atoms with Crippen molar-refractivity contribution in [2.75, 3.05) is 31.5 Å². The van der Waals surface area contributed by atoms with Crippen molar-refractivity contribution in [3.8, 4) is 16.9 Å². The molecule has 0 radical (unpaired) electrons. The predicted octanol–water partition coefficient (Wildman–Crippen LogP) is 6.68. The number of anilines is 2. The Labute approximate surface area is 334 Å². The van der Waals surface area contributed by atoms with E-state index in [0.29, 0.717) is 34.7 Å². The largest absolute Gasteiger partial charge is 0.496 e. The summed E-state index contributed by atoms with van der Waals surface area (Å²) in [6.07, 6.45) is 0.780. The number of methoxy groups -OCH3 is 2. The number of benzene rings is 2. The second-order valence-corrected chi connectivity index (χ2v) is 16.6. The molecule has 7 atom stereocenters. The van der Waals surface area contributed by atoms with Crippen LogP contribution in [-0.4, -0.2) is 91.8 Å². The van der Waals surface area contributed by atoms with Crippen LogP contribution in [0.5, 0.6) is 5.75 Å². The molecule has 2 aromatic carbocycles. The number of hydrogen-bond acceptors (Lipinski definition) is 11. The molecule has 3 N–H and O–H groups in total. The monoisotopic (exact) mass is 791 g/mol. The van der Waals surface area contributed by atoms with Gasteiger partial charge in [-0.3, -0.25) is 20.2 Å². The maximum absolute atomic E-state index is 14.5. The van der Waals surface area contributed by atoms with E-state index in [9.17, 15) is 24.3 Å². The Kier molecular flexibility index (Phi) is 12.8. The molecular formula is C43H57N3O11. The summed E-state index contributed by atoms with van der Waals surface area (Å²) in [5.41, 5.74) is 0.567. The van der Waals surface area contributed by atoms with E-state index >= 15 is 0 Å². The van der Waals surface area contributed by atoms with Crippen molar-refractivity contribution in [3.63, 3.8) is 0 Å². The highest BCUT2D eigenvalue weighted by atomic mass is 16.7. The quantitative estimate of drug-likeness (QED) is 0.162. The van der Waals surface area contributed by atoms with Gasteiger partial charge in [-0.1, -0.05) is 56.7 Å². The normalized spacial score (nSPS) is 29.5. The molecule has 3 amide bonds. The number of alkyl carbamates (subject to hydrolysis) is 1. The summed E-state index contributed by atoms with van der Waals surface area (Å²) in [5, 5.41) is 17.0. The first-order valence-corrected chi connectivity index (χ1v) is 19.2. The molecule has 2 saturated heterocycles. The number of carbonyl (C=O) groups excluding carboxylic acids is 4. The number of ether oxygens (including phenoxy) is 6. The number of nitrogens with zero attached hydrogens (tertiary/aromatic N) is 1. The van der Waals surface area contributed by atoms with Crippen molar-refractivity contribution < 1.29 is 52.7 Å². The lowest BCUT2D eigenvalue weighted by Gasteiger charge is -2.42. The summed E-state index contributed by atoms with van der Waals surface area (Å²) in [7, 11) is 4.66. The number of amides is 3. The van der Waals surface area contributed by atoms with Crippen LogP contribution in [0, 0.1) is 11.8 Å². The topological polar surface area (TPSA) is 174 Å². The van der Waals surface area contributed by atoms with Gasteiger partial charge >= 0.3 is 18.2 Å². The number of allylic oxidation sites excluding steroid dienone is 3. The van der Waals surface area contributed by atoms with Crippen LogP contribution in [0.1, 0.15) is 73.8 Å². The summed E-state index contributed by atoms with van der Waals surface area (Å²) in [6.45, 7) is 14.3. The van der Waals surface area contributed by atoms with Crippen molar-refractivity contribution in [2.24, 2.45) is 11.8 Å². The Morgan fingerprint density at radius 2 is 1.79 bits per heavy atom. The third kappa shape index (κ3) is 9.97. The Balaban J connectivity index is 1.60. The van der Waals surface area contributed by atoms with Crippen molar-refractivity contribution >= 4 is 35.4 Å². The van der Waals surface area contributed by atoms with Crippen LogP contribution in [0.15, 0.2) is 60.2 Å². The zero-order chi connectivity index (χ0) is 42.0. The minimum Gasteiger partial charge on any atom is -0.496 e. The van der Waals surface area contributed by atoms with Gasteiger partial charge in [0.15, 0.2) is 5.72 Å². The van der Waals surface area contributed by atoms with E-state index < -0.39 is 71.3 Å². The average Bonchev–Trinajstić information content (AvgIpc) is 3.82. The molecule has 14 heteroatoms. The van der Waals surface area contributed by atoms with E-state index in [4.69, 9.17) is 28.4 Å². The van der Waals surface area contributed by atoms with Gasteiger partial charge in [-0.25, -0.2) is 9.59 Å². The molecule has 0 saturated carbocycles. The van der Waals surface area contributed by atoms with E-state index in [1.165, 1.54) is 12.0 Å². The molecule has 3 aliphatic rings. The highest BCUT2D eigenvalue weighted by molar-refractivity contribution is 5.99. The molecule has 1 unspecified atom stereocenters. The second-order valence-electron chi connectivity index (χ2n) is 16.6. The molecule has 4 bridgehead atoms. The number of fused-ring (bicyclic) bond motifs is 5. The van der Waals surface area contributed by atoms with Crippen molar-refractivity contribution in [3.05, 3.63) is 65.8 Å². The zero-order valence-corrected chi connectivity index (χ0v) is 34.8. The van der Waals surface area contributed by atoms with E-state index in [1.54, 1.807) is 80.0 Å². The lowest BCUT2D eigenvalue weighted by atomic mass is 9.83. The molecule has 5 rings (SSSR count). The second kappa shape index (κ2) is 16.9. The third-order valence-corrected chi connectivity index (χ3v) is 10.6. The minimum atomic E-state index is -1.81. The molecule has 2 fully saturated rings. The Hall–Kier alpha value is -4.92. The van der Waals surface area contributed by atoms with Crippen molar-refractivity contribution in [1.29, 1.82) is 0 Å². The third-order valence-electron chi connectivity index (χ3n) is 10.6. The first-order valence-electron chi connectivity index (χ1n) is 19.2. The molecule has 14 nitrogen and oxygen atoms in total. The number of carbonyl (C=O) groups is 4. The lowest BCUT2D eigenvalue weighted by Crippen LogP contribution is -2.63. The highest BCUT2D eigenvalue weighted by Crippen LogP contribution is 2.49. The maximum atomic E-state index is 14.5. The van der Waals surface area contributed by atoms with E-state index in [-0.39, 0.29) is 18.7 Å². The van der Waals surface area contributed by atoms with Gasteiger partial charge in [0.25, 0.3) is 0 Å². The minimum absolute atomic E-state index is 0.0219. The first kappa shape index (κ1) is 43.2. The number of esters is 1. The fourth-order valence-corrected chi connectivity index (χ4v) is 7.36. The Morgan fingerprint density at radius 3 is 2.40 bits per heavy atom. The van der Waals surface area contributed by atoms with E-state index in [0.717, 1.165) is 11.1 Å².